The van der Waals surface area contributed by atoms with Gasteiger partial charge in [-0.3, -0.25) is 0 Å². The highest BCUT2D eigenvalue weighted by Gasteiger charge is 2.20. The smallest absolute Gasteiger partial charge is 0.219 e. The van der Waals surface area contributed by atoms with Crippen LogP contribution in [0.4, 0.5) is 0 Å². The lowest BCUT2D eigenvalue weighted by Gasteiger charge is -2.18. The lowest BCUT2D eigenvalue weighted by molar-refractivity contribution is 0.360. The fourth-order valence-electron chi connectivity index (χ4n) is 2.56. The van der Waals surface area contributed by atoms with Crippen molar-refractivity contribution >= 4 is 0 Å². The average molecular weight is 273 g/mol. The summed E-state index contributed by atoms with van der Waals surface area (Å²) in [6, 6.07) is 7.28. The van der Waals surface area contributed by atoms with Gasteiger partial charge in [-0.15, -0.1) is 10.2 Å². The Hall–Kier alpha value is -1.88. The van der Waals surface area contributed by atoms with E-state index < -0.39 is 0 Å². The van der Waals surface area contributed by atoms with Gasteiger partial charge in [0.25, 0.3) is 0 Å². The molecule has 1 aliphatic heterocycles. The van der Waals surface area contributed by atoms with Crippen molar-refractivity contribution in [3.63, 3.8) is 0 Å². The summed E-state index contributed by atoms with van der Waals surface area (Å²) in [4.78, 5) is 0. The molecular formula is C15H19N3O2. The summed E-state index contributed by atoms with van der Waals surface area (Å²) in [5.41, 5.74) is 1.08. The molecule has 0 aliphatic carbocycles. The molecule has 0 bridgehead atoms. The first kappa shape index (κ1) is 13.1. The standard InChI is InChI=1S/C15H19N3O2/c19-13-3-1-2-11(10-13)4-5-14-17-18-15(20-14)12-6-8-16-9-7-12/h1-3,10,12,16,19H,4-9H2. The van der Waals surface area contributed by atoms with E-state index in [4.69, 9.17) is 4.42 Å². The summed E-state index contributed by atoms with van der Waals surface area (Å²) in [7, 11) is 0. The van der Waals surface area contributed by atoms with E-state index in [1.165, 1.54) is 0 Å². The van der Waals surface area contributed by atoms with Crippen LogP contribution in [0.5, 0.6) is 5.75 Å². The number of aromatic hydroxyl groups is 1. The normalized spacial score (nSPS) is 16.4. The van der Waals surface area contributed by atoms with Crippen LogP contribution in [0, 0.1) is 0 Å². The van der Waals surface area contributed by atoms with Crippen LogP contribution in [-0.2, 0) is 12.8 Å². The molecule has 1 aromatic carbocycles. The summed E-state index contributed by atoms with van der Waals surface area (Å²) in [5, 5.41) is 21.1. The lowest BCUT2D eigenvalue weighted by Crippen LogP contribution is -2.26. The molecule has 0 atom stereocenters. The molecule has 2 aromatic rings. The van der Waals surface area contributed by atoms with Crippen LogP contribution in [0.1, 0.15) is 36.1 Å². The van der Waals surface area contributed by atoms with Crippen LogP contribution < -0.4 is 5.32 Å². The molecule has 106 valence electrons. The molecular weight excluding hydrogens is 254 g/mol. The number of benzene rings is 1. The van der Waals surface area contributed by atoms with E-state index >= 15 is 0 Å². The van der Waals surface area contributed by atoms with Gasteiger partial charge in [0.05, 0.1) is 0 Å². The first-order valence-corrected chi connectivity index (χ1v) is 7.12. The Bertz CT molecular complexity index is 562. The monoisotopic (exact) mass is 273 g/mol. The Labute approximate surface area is 118 Å². The molecule has 3 rings (SSSR count). The number of piperidine rings is 1. The van der Waals surface area contributed by atoms with E-state index in [9.17, 15) is 5.11 Å². The van der Waals surface area contributed by atoms with Gasteiger partial charge in [-0.25, -0.2) is 0 Å². The fourth-order valence-corrected chi connectivity index (χ4v) is 2.56. The molecule has 1 aromatic heterocycles. The Balaban J connectivity index is 1.59. The van der Waals surface area contributed by atoms with Crippen molar-refractivity contribution in [1.82, 2.24) is 15.5 Å². The van der Waals surface area contributed by atoms with Crippen LogP contribution in [0.25, 0.3) is 0 Å². The first-order valence-electron chi connectivity index (χ1n) is 7.12. The zero-order valence-electron chi connectivity index (χ0n) is 11.4. The number of aryl methyl sites for hydroxylation is 2. The molecule has 5 nitrogen and oxygen atoms in total. The molecule has 0 radical (unpaired) electrons. The van der Waals surface area contributed by atoms with Gasteiger partial charge in [0.1, 0.15) is 5.75 Å². The number of phenolic OH excluding ortho intramolecular Hbond substituents is 1. The minimum atomic E-state index is 0.295. The number of rotatable bonds is 4. The Kier molecular flexibility index (Phi) is 3.97. The fraction of sp³-hybridized carbons (Fsp3) is 0.467. The molecule has 0 saturated carbocycles. The Morgan fingerprint density at radius 3 is 2.85 bits per heavy atom. The summed E-state index contributed by atoms with van der Waals surface area (Å²) in [6.45, 7) is 2.04. The molecule has 5 heteroatoms. The summed E-state index contributed by atoms with van der Waals surface area (Å²) >= 11 is 0. The van der Waals surface area contributed by atoms with Crippen molar-refractivity contribution in [2.45, 2.75) is 31.6 Å². The second-order valence-electron chi connectivity index (χ2n) is 5.23. The highest BCUT2D eigenvalue weighted by atomic mass is 16.4. The number of phenols is 1. The zero-order valence-corrected chi connectivity index (χ0v) is 11.4. The van der Waals surface area contributed by atoms with E-state index in [0.717, 1.165) is 43.8 Å². The average Bonchev–Trinajstić information content (AvgIpc) is 2.95. The molecule has 1 saturated heterocycles. The molecule has 20 heavy (non-hydrogen) atoms. The largest absolute Gasteiger partial charge is 0.508 e. The topological polar surface area (TPSA) is 71.2 Å². The van der Waals surface area contributed by atoms with Crippen molar-refractivity contribution in [2.24, 2.45) is 0 Å². The number of nitrogens with zero attached hydrogens (tertiary/aromatic N) is 2. The van der Waals surface area contributed by atoms with Crippen LogP contribution in [0.3, 0.4) is 0 Å². The van der Waals surface area contributed by atoms with Crippen molar-refractivity contribution in [3.05, 3.63) is 41.6 Å². The van der Waals surface area contributed by atoms with E-state index in [2.05, 4.69) is 15.5 Å². The van der Waals surface area contributed by atoms with Gasteiger partial charge >= 0.3 is 0 Å². The first-order chi connectivity index (χ1) is 9.81. The molecule has 0 spiro atoms. The van der Waals surface area contributed by atoms with Gasteiger partial charge < -0.3 is 14.8 Å². The predicted octanol–water partition coefficient (Wildman–Crippen LogP) is 2.03. The number of hydrogen-bond donors (Lipinski definition) is 2. The second-order valence-corrected chi connectivity index (χ2v) is 5.23. The molecule has 1 fully saturated rings. The summed E-state index contributed by atoms with van der Waals surface area (Å²) in [5.74, 6) is 2.15. The van der Waals surface area contributed by atoms with Gasteiger partial charge in [-0.1, -0.05) is 12.1 Å². The van der Waals surface area contributed by atoms with E-state index in [-0.39, 0.29) is 0 Å². The molecule has 0 amide bonds. The predicted molar refractivity (Wildman–Crippen MR) is 74.7 cm³/mol. The lowest BCUT2D eigenvalue weighted by atomic mass is 9.98. The van der Waals surface area contributed by atoms with E-state index in [1.807, 2.05) is 12.1 Å². The van der Waals surface area contributed by atoms with Crippen molar-refractivity contribution < 1.29 is 9.52 Å². The summed E-state index contributed by atoms with van der Waals surface area (Å²) in [6.07, 6.45) is 3.63. The number of aromatic nitrogens is 2. The van der Waals surface area contributed by atoms with Gasteiger partial charge in [0.2, 0.25) is 11.8 Å². The van der Waals surface area contributed by atoms with Crippen LogP contribution in [0.15, 0.2) is 28.7 Å². The third-order valence-corrected chi connectivity index (χ3v) is 3.71. The maximum atomic E-state index is 9.43. The quantitative estimate of drug-likeness (QED) is 0.892. The highest BCUT2D eigenvalue weighted by molar-refractivity contribution is 5.27. The van der Waals surface area contributed by atoms with Gasteiger partial charge in [-0.05, 0) is 50.0 Å². The highest BCUT2D eigenvalue weighted by Crippen LogP contribution is 2.24. The second kappa shape index (κ2) is 6.05. The number of nitrogens with one attached hydrogen (secondary N) is 1. The van der Waals surface area contributed by atoms with E-state index in [1.54, 1.807) is 12.1 Å². The number of hydrogen-bond acceptors (Lipinski definition) is 5. The van der Waals surface area contributed by atoms with Crippen LogP contribution >= 0.6 is 0 Å². The maximum Gasteiger partial charge on any atom is 0.219 e. The molecule has 2 heterocycles. The van der Waals surface area contributed by atoms with Gasteiger partial charge in [-0.2, -0.15) is 0 Å². The Morgan fingerprint density at radius 1 is 1.20 bits per heavy atom. The van der Waals surface area contributed by atoms with Crippen molar-refractivity contribution in [1.29, 1.82) is 0 Å². The SMILES string of the molecule is Oc1cccc(CCc2nnc(C3CCNCC3)o2)c1. The van der Waals surface area contributed by atoms with Crippen LogP contribution in [0.2, 0.25) is 0 Å². The zero-order chi connectivity index (χ0) is 13.8. The third-order valence-electron chi connectivity index (χ3n) is 3.71. The molecule has 1 aliphatic rings. The molecule has 0 unspecified atom stereocenters. The van der Waals surface area contributed by atoms with Crippen molar-refractivity contribution in [3.8, 4) is 5.75 Å². The van der Waals surface area contributed by atoms with Crippen molar-refractivity contribution in [2.75, 3.05) is 13.1 Å². The van der Waals surface area contributed by atoms with E-state index in [0.29, 0.717) is 24.0 Å². The minimum Gasteiger partial charge on any atom is -0.508 e. The Morgan fingerprint density at radius 2 is 2.05 bits per heavy atom. The van der Waals surface area contributed by atoms with Crippen LogP contribution in [-0.4, -0.2) is 28.4 Å². The minimum absolute atomic E-state index is 0.295. The van der Waals surface area contributed by atoms with Gasteiger partial charge in [0.15, 0.2) is 0 Å². The molecule has 2 N–H and O–H groups in total. The summed E-state index contributed by atoms with van der Waals surface area (Å²) < 4.78 is 5.76. The maximum absolute atomic E-state index is 9.43. The third kappa shape index (κ3) is 3.17. The van der Waals surface area contributed by atoms with Gasteiger partial charge in [0, 0.05) is 12.3 Å².